The summed E-state index contributed by atoms with van der Waals surface area (Å²) < 4.78 is 27.4. The summed E-state index contributed by atoms with van der Waals surface area (Å²) in [6, 6.07) is 0.282. The molecule has 21 heavy (non-hydrogen) atoms. The smallest absolute Gasteiger partial charge is 0.260 e. The summed E-state index contributed by atoms with van der Waals surface area (Å²) in [4.78, 5) is 0. The predicted octanol–water partition coefficient (Wildman–Crippen LogP) is 1.49. The highest BCUT2D eigenvalue weighted by atomic mass is 32.2. The fourth-order valence-corrected chi connectivity index (χ4v) is 3.87. The number of H-pyrrole nitrogens is 1. The van der Waals surface area contributed by atoms with Gasteiger partial charge in [0.15, 0.2) is 5.03 Å². The first-order valence-corrected chi connectivity index (χ1v) is 9.91. The molecule has 1 rings (SSSR count). The molecule has 0 amide bonds. The van der Waals surface area contributed by atoms with Crippen LogP contribution in [0.15, 0.2) is 5.03 Å². The van der Waals surface area contributed by atoms with Gasteiger partial charge in [-0.25, -0.2) is 13.1 Å². The van der Waals surface area contributed by atoms with Crippen molar-refractivity contribution in [2.24, 2.45) is 5.92 Å². The van der Waals surface area contributed by atoms with Crippen molar-refractivity contribution in [1.29, 1.82) is 0 Å². The zero-order valence-corrected chi connectivity index (χ0v) is 15.0. The highest BCUT2D eigenvalue weighted by molar-refractivity contribution is 7.98. The molecule has 0 fully saturated rings. The Morgan fingerprint density at radius 3 is 2.57 bits per heavy atom. The summed E-state index contributed by atoms with van der Waals surface area (Å²) in [5, 5.41) is 10.1. The average molecular weight is 335 g/mol. The quantitative estimate of drug-likeness (QED) is 0.637. The van der Waals surface area contributed by atoms with Crippen molar-refractivity contribution in [3.8, 4) is 0 Å². The summed E-state index contributed by atoms with van der Waals surface area (Å²) in [6.45, 7) is 8.80. The van der Waals surface area contributed by atoms with Crippen molar-refractivity contribution >= 4 is 21.8 Å². The summed E-state index contributed by atoms with van der Waals surface area (Å²) >= 11 is 1.71. The first kappa shape index (κ1) is 18.5. The zero-order valence-electron chi connectivity index (χ0n) is 13.4. The van der Waals surface area contributed by atoms with Gasteiger partial charge in [0.05, 0.1) is 0 Å². The molecule has 0 saturated carbocycles. The van der Waals surface area contributed by atoms with Gasteiger partial charge in [-0.1, -0.05) is 20.8 Å². The molecule has 0 aliphatic heterocycles. The van der Waals surface area contributed by atoms with Crippen LogP contribution in [0.4, 0.5) is 0 Å². The number of hydrogen-bond donors (Lipinski definition) is 3. The maximum Gasteiger partial charge on any atom is 0.260 e. The Hall–Kier alpha value is -0.570. The van der Waals surface area contributed by atoms with Crippen LogP contribution in [-0.2, 0) is 16.6 Å². The van der Waals surface area contributed by atoms with Crippen LogP contribution >= 0.6 is 11.8 Å². The molecule has 1 aromatic rings. The Kier molecular flexibility index (Phi) is 7.19. The summed E-state index contributed by atoms with van der Waals surface area (Å²) in [7, 11) is -3.57. The molecule has 1 heterocycles. The maximum absolute atomic E-state index is 12.4. The number of nitrogens with zero attached hydrogens (tertiary/aromatic N) is 1. The minimum Gasteiger partial charge on any atom is -0.310 e. The third-order valence-corrected chi connectivity index (χ3v) is 5.35. The van der Waals surface area contributed by atoms with Crippen LogP contribution in [0.2, 0.25) is 0 Å². The number of hydrogen-bond acceptors (Lipinski definition) is 5. The third kappa shape index (κ3) is 5.61. The molecular weight excluding hydrogens is 308 g/mol. The lowest BCUT2D eigenvalue weighted by atomic mass is 10.2. The van der Waals surface area contributed by atoms with Gasteiger partial charge in [0.25, 0.3) is 10.0 Å². The number of aromatic amines is 1. The Bertz CT molecular complexity index is 540. The molecule has 1 aromatic heterocycles. The van der Waals surface area contributed by atoms with E-state index in [0.717, 1.165) is 11.4 Å². The van der Waals surface area contributed by atoms with Gasteiger partial charge in [0, 0.05) is 30.4 Å². The van der Waals surface area contributed by atoms with Crippen molar-refractivity contribution in [3.63, 3.8) is 0 Å². The van der Waals surface area contributed by atoms with E-state index in [-0.39, 0.29) is 17.0 Å². The summed E-state index contributed by atoms with van der Waals surface area (Å²) in [5.41, 5.74) is 1.48. The SMILES string of the molecule is CSCC(C)CNS(=O)(=O)c1n[nH]c(C)c1CNC(C)C. The summed E-state index contributed by atoms with van der Waals surface area (Å²) in [5.74, 6) is 1.20. The van der Waals surface area contributed by atoms with E-state index in [1.54, 1.807) is 11.8 Å². The molecule has 0 radical (unpaired) electrons. The first-order valence-electron chi connectivity index (χ1n) is 7.03. The van der Waals surface area contributed by atoms with E-state index < -0.39 is 10.0 Å². The van der Waals surface area contributed by atoms with Gasteiger partial charge < -0.3 is 5.32 Å². The van der Waals surface area contributed by atoms with Gasteiger partial charge in [0.1, 0.15) is 0 Å². The number of nitrogens with one attached hydrogen (secondary N) is 3. The third-order valence-electron chi connectivity index (χ3n) is 3.05. The summed E-state index contributed by atoms with van der Waals surface area (Å²) in [6.07, 6.45) is 2.01. The van der Waals surface area contributed by atoms with Crippen LogP contribution in [0.1, 0.15) is 32.0 Å². The zero-order chi connectivity index (χ0) is 16.0. The number of rotatable bonds is 9. The van der Waals surface area contributed by atoms with Crippen LogP contribution in [0.5, 0.6) is 0 Å². The highest BCUT2D eigenvalue weighted by Crippen LogP contribution is 2.16. The molecule has 0 aliphatic rings. The van der Waals surface area contributed by atoms with E-state index in [9.17, 15) is 8.42 Å². The second kappa shape index (κ2) is 8.17. The molecule has 0 aliphatic carbocycles. The molecule has 122 valence electrons. The van der Waals surface area contributed by atoms with Crippen molar-refractivity contribution in [2.75, 3.05) is 18.6 Å². The van der Waals surface area contributed by atoms with Gasteiger partial charge in [-0.3, -0.25) is 5.10 Å². The highest BCUT2D eigenvalue weighted by Gasteiger charge is 2.24. The van der Waals surface area contributed by atoms with Crippen molar-refractivity contribution in [3.05, 3.63) is 11.3 Å². The number of sulfonamides is 1. The normalized spacial score (nSPS) is 13.8. The van der Waals surface area contributed by atoms with Crippen molar-refractivity contribution < 1.29 is 8.42 Å². The van der Waals surface area contributed by atoms with Crippen molar-refractivity contribution in [2.45, 2.75) is 45.3 Å². The molecule has 3 N–H and O–H groups in total. The molecule has 8 heteroatoms. The fraction of sp³-hybridized carbons (Fsp3) is 0.769. The molecule has 0 aromatic carbocycles. The minimum absolute atomic E-state index is 0.101. The lowest BCUT2D eigenvalue weighted by Gasteiger charge is -2.12. The fourth-order valence-electron chi connectivity index (χ4n) is 1.83. The monoisotopic (exact) mass is 334 g/mol. The van der Waals surface area contributed by atoms with Crippen molar-refractivity contribution in [1.82, 2.24) is 20.2 Å². The predicted molar refractivity (Wildman–Crippen MR) is 88.0 cm³/mol. The molecule has 1 atom stereocenters. The molecule has 6 nitrogen and oxygen atoms in total. The molecule has 0 spiro atoms. The largest absolute Gasteiger partial charge is 0.310 e. The van der Waals surface area contributed by atoms with Crippen LogP contribution in [0.25, 0.3) is 0 Å². The Labute approximate surface area is 131 Å². The van der Waals surface area contributed by atoms with E-state index >= 15 is 0 Å². The Morgan fingerprint density at radius 2 is 2.00 bits per heavy atom. The van der Waals surface area contributed by atoms with E-state index in [0.29, 0.717) is 18.7 Å². The maximum atomic E-state index is 12.4. The van der Waals surface area contributed by atoms with E-state index in [1.165, 1.54) is 0 Å². The van der Waals surface area contributed by atoms with Crippen LogP contribution in [0, 0.1) is 12.8 Å². The van der Waals surface area contributed by atoms with Crippen LogP contribution in [-0.4, -0.2) is 43.2 Å². The standard InChI is InChI=1S/C13H26N4O2S2/c1-9(2)14-7-12-11(4)16-17-13(12)21(18,19)15-6-10(3)8-20-5/h9-10,14-15H,6-8H2,1-5H3,(H,16,17). The van der Waals surface area contributed by atoms with Gasteiger partial charge in [-0.05, 0) is 24.9 Å². The lowest BCUT2D eigenvalue weighted by Crippen LogP contribution is -2.31. The van der Waals surface area contributed by atoms with Gasteiger partial charge >= 0.3 is 0 Å². The van der Waals surface area contributed by atoms with E-state index in [4.69, 9.17) is 0 Å². The molecule has 0 bridgehead atoms. The van der Waals surface area contributed by atoms with Crippen LogP contribution in [0.3, 0.4) is 0 Å². The second-order valence-electron chi connectivity index (χ2n) is 5.58. The average Bonchev–Trinajstić information content (AvgIpc) is 2.76. The number of thioether (sulfide) groups is 1. The van der Waals surface area contributed by atoms with E-state index in [1.807, 2.05) is 34.0 Å². The molecular formula is C13H26N4O2S2. The number of aromatic nitrogens is 2. The topological polar surface area (TPSA) is 86.9 Å². The Morgan fingerprint density at radius 1 is 1.33 bits per heavy atom. The lowest BCUT2D eigenvalue weighted by molar-refractivity contribution is 0.552. The Balaban J connectivity index is 2.83. The van der Waals surface area contributed by atoms with Gasteiger partial charge in [-0.15, -0.1) is 0 Å². The van der Waals surface area contributed by atoms with E-state index in [2.05, 4.69) is 20.2 Å². The molecule has 1 unspecified atom stereocenters. The second-order valence-corrected chi connectivity index (χ2v) is 8.17. The van der Waals surface area contributed by atoms with Crippen LogP contribution < -0.4 is 10.0 Å². The number of aryl methyl sites for hydroxylation is 1. The van der Waals surface area contributed by atoms with Gasteiger partial charge in [-0.2, -0.15) is 16.9 Å². The first-order chi connectivity index (χ1) is 9.77. The molecule has 0 saturated heterocycles. The minimum atomic E-state index is -3.57. The van der Waals surface area contributed by atoms with Gasteiger partial charge in [0.2, 0.25) is 0 Å².